The lowest BCUT2D eigenvalue weighted by molar-refractivity contribution is 0.752. The van der Waals surface area contributed by atoms with Gasteiger partial charge < -0.3 is 11.5 Å². The Labute approximate surface area is 83.9 Å². The van der Waals surface area contributed by atoms with E-state index in [-0.39, 0.29) is 6.04 Å². The van der Waals surface area contributed by atoms with Gasteiger partial charge in [0.15, 0.2) is 0 Å². The fourth-order valence-corrected chi connectivity index (χ4v) is 1.23. The van der Waals surface area contributed by atoms with Gasteiger partial charge in [-0.15, -0.1) is 0 Å². The first-order valence-corrected chi connectivity index (χ1v) is 4.70. The molecule has 0 unspecified atom stereocenters. The van der Waals surface area contributed by atoms with Crippen LogP contribution in [0.3, 0.4) is 0 Å². The maximum atomic E-state index is 5.70. The number of hydrogen-bond acceptors (Lipinski definition) is 2. The van der Waals surface area contributed by atoms with E-state index in [1.165, 1.54) is 5.56 Å². The zero-order chi connectivity index (χ0) is 9.68. The molecule has 3 heteroatoms. The molecule has 1 atom stereocenters. The lowest BCUT2D eigenvalue weighted by Crippen LogP contribution is -2.35. The van der Waals surface area contributed by atoms with Gasteiger partial charge in [-0.1, -0.05) is 42.5 Å². The van der Waals surface area contributed by atoms with Crippen molar-refractivity contribution in [1.29, 1.82) is 0 Å². The van der Waals surface area contributed by atoms with E-state index in [0.29, 0.717) is 4.99 Å². The highest BCUT2D eigenvalue weighted by Gasteiger charge is 2.04. The highest BCUT2D eigenvalue weighted by molar-refractivity contribution is 7.80. The molecular formula is C10H14N2S. The van der Waals surface area contributed by atoms with Crippen LogP contribution >= 0.6 is 12.2 Å². The topological polar surface area (TPSA) is 52.0 Å². The van der Waals surface area contributed by atoms with Crippen molar-refractivity contribution in [3.05, 3.63) is 35.9 Å². The van der Waals surface area contributed by atoms with E-state index in [4.69, 9.17) is 23.7 Å². The minimum atomic E-state index is -0.157. The third-order valence-electron chi connectivity index (χ3n) is 1.95. The Morgan fingerprint density at radius 1 is 1.31 bits per heavy atom. The molecule has 0 aromatic heterocycles. The number of aryl methyl sites for hydroxylation is 1. The molecule has 70 valence electrons. The van der Waals surface area contributed by atoms with Crippen LogP contribution in [0.15, 0.2) is 30.3 Å². The molecule has 4 N–H and O–H groups in total. The van der Waals surface area contributed by atoms with E-state index in [0.717, 1.165) is 12.8 Å². The first-order valence-electron chi connectivity index (χ1n) is 4.29. The van der Waals surface area contributed by atoms with Gasteiger partial charge in [-0.3, -0.25) is 0 Å². The van der Waals surface area contributed by atoms with Crippen LogP contribution in [-0.2, 0) is 6.42 Å². The second kappa shape index (κ2) is 4.94. The standard InChI is InChI=1S/C10H14N2S/c11-9(10(12)13)7-6-8-4-2-1-3-5-8/h1-5,9H,6-7,11H2,(H2,12,13)/t9-/m0/s1. The van der Waals surface area contributed by atoms with Crippen LogP contribution in [0.4, 0.5) is 0 Å². The van der Waals surface area contributed by atoms with E-state index in [1.54, 1.807) is 0 Å². The van der Waals surface area contributed by atoms with Crippen LogP contribution in [0.25, 0.3) is 0 Å². The van der Waals surface area contributed by atoms with Crippen LogP contribution in [0.2, 0.25) is 0 Å². The molecule has 0 amide bonds. The molecule has 0 aliphatic carbocycles. The number of thiocarbonyl (C=S) groups is 1. The molecule has 1 aromatic carbocycles. The number of hydrogen-bond donors (Lipinski definition) is 2. The Kier molecular flexibility index (Phi) is 3.86. The molecule has 0 saturated carbocycles. The summed E-state index contributed by atoms with van der Waals surface area (Å²) >= 11 is 4.79. The average molecular weight is 194 g/mol. The molecule has 0 radical (unpaired) electrons. The Hall–Kier alpha value is -0.930. The predicted octanol–water partition coefficient (Wildman–Crippen LogP) is 1.23. The third-order valence-corrected chi connectivity index (χ3v) is 2.26. The largest absolute Gasteiger partial charge is 0.392 e. The molecule has 0 saturated heterocycles. The maximum absolute atomic E-state index is 5.70. The normalized spacial score (nSPS) is 12.4. The molecule has 0 spiro atoms. The van der Waals surface area contributed by atoms with Crippen molar-refractivity contribution < 1.29 is 0 Å². The minimum absolute atomic E-state index is 0.157. The van der Waals surface area contributed by atoms with Crippen molar-refractivity contribution in [1.82, 2.24) is 0 Å². The molecule has 1 rings (SSSR count). The van der Waals surface area contributed by atoms with Crippen molar-refractivity contribution >= 4 is 17.2 Å². The zero-order valence-electron chi connectivity index (χ0n) is 7.44. The van der Waals surface area contributed by atoms with Crippen molar-refractivity contribution in [3.8, 4) is 0 Å². The Balaban J connectivity index is 2.39. The summed E-state index contributed by atoms with van der Waals surface area (Å²) in [5.41, 5.74) is 12.4. The van der Waals surface area contributed by atoms with Gasteiger partial charge in [0.05, 0.1) is 11.0 Å². The summed E-state index contributed by atoms with van der Waals surface area (Å²) in [5.74, 6) is 0. The summed E-state index contributed by atoms with van der Waals surface area (Å²) in [6, 6.07) is 10.0. The lowest BCUT2D eigenvalue weighted by atomic mass is 10.1. The molecule has 0 bridgehead atoms. The average Bonchev–Trinajstić information content (AvgIpc) is 2.15. The smallest absolute Gasteiger partial charge is 0.0897 e. The fourth-order valence-electron chi connectivity index (χ4n) is 1.11. The van der Waals surface area contributed by atoms with Crippen molar-refractivity contribution in [2.45, 2.75) is 18.9 Å². The summed E-state index contributed by atoms with van der Waals surface area (Å²) in [5, 5.41) is 0. The molecule has 0 aliphatic heterocycles. The molecule has 0 heterocycles. The van der Waals surface area contributed by atoms with Gasteiger partial charge in [-0.05, 0) is 18.4 Å². The molecular weight excluding hydrogens is 180 g/mol. The van der Waals surface area contributed by atoms with Crippen molar-refractivity contribution in [2.75, 3.05) is 0 Å². The Bertz CT molecular complexity index is 272. The monoisotopic (exact) mass is 194 g/mol. The highest BCUT2D eigenvalue weighted by Crippen LogP contribution is 2.03. The third kappa shape index (κ3) is 3.53. The quantitative estimate of drug-likeness (QED) is 0.709. The summed E-state index contributed by atoms with van der Waals surface area (Å²) in [6.45, 7) is 0. The lowest BCUT2D eigenvalue weighted by Gasteiger charge is -2.08. The van der Waals surface area contributed by atoms with Crippen LogP contribution in [0.5, 0.6) is 0 Å². The van der Waals surface area contributed by atoms with E-state index in [9.17, 15) is 0 Å². The fraction of sp³-hybridized carbons (Fsp3) is 0.300. The second-order valence-electron chi connectivity index (χ2n) is 3.03. The maximum Gasteiger partial charge on any atom is 0.0897 e. The van der Waals surface area contributed by atoms with E-state index < -0.39 is 0 Å². The SMILES string of the molecule is NC(=S)[C@@H](N)CCc1ccccc1. The van der Waals surface area contributed by atoms with Crippen LogP contribution in [0.1, 0.15) is 12.0 Å². The molecule has 0 fully saturated rings. The van der Waals surface area contributed by atoms with E-state index in [2.05, 4.69) is 12.1 Å². The second-order valence-corrected chi connectivity index (χ2v) is 3.50. The molecule has 2 nitrogen and oxygen atoms in total. The zero-order valence-corrected chi connectivity index (χ0v) is 8.26. The Morgan fingerprint density at radius 2 is 1.92 bits per heavy atom. The van der Waals surface area contributed by atoms with Crippen LogP contribution < -0.4 is 11.5 Å². The van der Waals surface area contributed by atoms with Crippen molar-refractivity contribution in [3.63, 3.8) is 0 Å². The minimum Gasteiger partial charge on any atom is -0.392 e. The number of benzene rings is 1. The van der Waals surface area contributed by atoms with Crippen LogP contribution in [-0.4, -0.2) is 11.0 Å². The Morgan fingerprint density at radius 3 is 2.46 bits per heavy atom. The van der Waals surface area contributed by atoms with Gasteiger partial charge in [-0.2, -0.15) is 0 Å². The van der Waals surface area contributed by atoms with Gasteiger partial charge in [-0.25, -0.2) is 0 Å². The molecule has 0 aliphatic rings. The van der Waals surface area contributed by atoms with Gasteiger partial charge in [0, 0.05) is 0 Å². The molecule has 13 heavy (non-hydrogen) atoms. The first kappa shape index (κ1) is 10.2. The molecule has 1 aromatic rings. The highest BCUT2D eigenvalue weighted by atomic mass is 32.1. The van der Waals surface area contributed by atoms with Gasteiger partial charge in [0.2, 0.25) is 0 Å². The van der Waals surface area contributed by atoms with Gasteiger partial charge in [0.1, 0.15) is 0 Å². The van der Waals surface area contributed by atoms with E-state index >= 15 is 0 Å². The summed E-state index contributed by atoms with van der Waals surface area (Å²) in [7, 11) is 0. The first-order chi connectivity index (χ1) is 6.20. The van der Waals surface area contributed by atoms with Crippen molar-refractivity contribution in [2.24, 2.45) is 11.5 Å². The number of nitrogens with two attached hydrogens (primary N) is 2. The summed E-state index contributed by atoms with van der Waals surface area (Å²) in [4.78, 5) is 0.399. The van der Waals surface area contributed by atoms with E-state index in [1.807, 2.05) is 18.2 Å². The van der Waals surface area contributed by atoms with Crippen LogP contribution in [0, 0.1) is 0 Å². The summed E-state index contributed by atoms with van der Waals surface area (Å²) < 4.78 is 0. The number of rotatable bonds is 4. The predicted molar refractivity (Wildman–Crippen MR) is 59.5 cm³/mol. The van der Waals surface area contributed by atoms with Gasteiger partial charge >= 0.3 is 0 Å². The van der Waals surface area contributed by atoms with Gasteiger partial charge in [0.25, 0.3) is 0 Å². The summed E-state index contributed by atoms with van der Waals surface area (Å²) in [6.07, 6.45) is 1.75.